The molecule has 2 fully saturated rings. The lowest BCUT2D eigenvalue weighted by molar-refractivity contribution is 0.192. The summed E-state index contributed by atoms with van der Waals surface area (Å²) < 4.78 is 13.8. The zero-order valence-electron chi connectivity index (χ0n) is 21.4. The number of hydrogen-bond acceptors (Lipinski definition) is 6. The van der Waals surface area contributed by atoms with Gasteiger partial charge < -0.3 is 24.2 Å². The quantitative estimate of drug-likeness (QED) is 0.344. The molecule has 2 aliphatic rings. The fraction of sp³-hybridized carbons (Fsp3) is 0.556. The lowest BCUT2D eigenvalue weighted by Gasteiger charge is -2.28. The van der Waals surface area contributed by atoms with Crippen molar-refractivity contribution in [2.75, 3.05) is 44.7 Å². The number of nitrogens with two attached hydrogens (primary N) is 1. The summed E-state index contributed by atoms with van der Waals surface area (Å²) in [7, 11) is -0.825. The van der Waals surface area contributed by atoms with Crippen LogP contribution in [-0.4, -0.2) is 58.4 Å². The molecular formula is C27H40N5O2P. The van der Waals surface area contributed by atoms with Crippen LogP contribution in [0.15, 0.2) is 36.8 Å². The highest BCUT2D eigenvalue weighted by atomic mass is 31.2. The molecule has 0 spiro atoms. The van der Waals surface area contributed by atoms with Crippen LogP contribution >= 0.6 is 8.38 Å². The minimum atomic E-state index is -0.825. The van der Waals surface area contributed by atoms with E-state index >= 15 is 0 Å². The molecule has 2 aromatic heterocycles. The van der Waals surface area contributed by atoms with E-state index in [9.17, 15) is 0 Å². The van der Waals surface area contributed by atoms with Crippen molar-refractivity contribution in [3.05, 3.63) is 42.4 Å². The fourth-order valence-corrected chi connectivity index (χ4v) is 5.89. The molecule has 1 aromatic carbocycles. The number of aryl methyl sites for hydroxylation is 1. The maximum Gasteiger partial charge on any atom is 0.170 e. The molecule has 1 aliphatic heterocycles. The molecule has 0 unspecified atom stereocenters. The van der Waals surface area contributed by atoms with E-state index in [1.165, 1.54) is 50.9 Å². The molecule has 5 rings (SSSR count). The normalized spacial score (nSPS) is 16.1. The summed E-state index contributed by atoms with van der Waals surface area (Å²) in [5, 5.41) is 0.961. The van der Waals surface area contributed by atoms with Gasteiger partial charge >= 0.3 is 0 Å². The third-order valence-corrected chi connectivity index (χ3v) is 8.55. The molecule has 3 aromatic rings. The first kappa shape index (κ1) is 26.0. The molecule has 1 saturated heterocycles. The van der Waals surface area contributed by atoms with E-state index in [2.05, 4.69) is 56.8 Å². The van der Waals surface area contributed by atoms with Gasteiger partial charge in [0.05, 0.1) is 18.6 Å². The van der Waals surface area contributed by atoms with Crippen molar-refractivity contribution in [3.63, 3.8) is 0 Å². The molecule has 0 radical (unpaired) electrons. The van der Waals surface area contributed by atoms with Gasteiger partial charge in [-0.3, -0.25) is 0 Å². The van der Waals surface area contributed by atoms with E-state index in [1.54, 1.807) is 6.33 Å². The van der Waals surface area contributed by atoms with E-state index in [-0.39, 0.29) is 0 Å². The summed E-state index contributed by atoms with van der Waals surface area (Å²) in [6.07, 6.45) is 10.7. The molecule has 2 N–H and O–H groups in total. The predicted octanol–water partition coefficient (Wildman–Crippen LogP) is 6.04. The maximum atomic E-state index is 6.28. The van der Waals surface area contributed by atoms with Crippen LogP contribution in [0.25, 0.3) is 22.2 Å². The number of likely N-dealkylation sites (tertiary alicyclic amines) is 1. The predicted molar refractivity (Wildman–Crippen MR) is 146 cm³/mol. The maximum absolute atomic E-state index is 6.28. The summed E-state index contributed by atoms with van der Waals surface area (Å²) in [6.45, 7) is 11.5. The highest BCUT2D eigenvalue weighted by Crippen LogP contribution is 2.41. The van der Waals surface area contributed by atoms with E-state index in [4.69, 9.17) is 14.8 Å². The third-order valence-electron chi connectivity index (χ3n) is 6.87. The SMILES string of the molecule is CCN1CCC1.CCOP(CCc1cccc(-c2cn(C3CCC3)c3ncnc(N)c23)c1)OCC. The lowest BCUT2D eigenvalue weighted by Crippen LogP contribution is -2.36. The Labute approximate surface area is 210 Å². The summed E-state index contributed by atoms with van der Waals surface area (Å²) in [5.74, 6) is 0.546. The molecule has 7 nitrogen and oxygen atoms in total. The zero-order chi connectivity index (χ0) is 24.6. The van der Waals surface area contributed by atoms with Crippen molar-refractivity contribution in [2.45, 2.75) is 58.9 Å². The molecule has 190 valence electrons. The van der Waals surface area contributed by atoms with Gasteiger partial charge in [-0.1, -0.05) is 31.2 Å². The van der Waals surface area contributed by atoms with E-state index < -0.39 is 8.38 Å². The fourth-order valence-electron chi connectivity index (χ4n) is 4.54. The lowest BCUT2D eigenvalue weighted by atomic mass is 9.93. The van der Waals surface area contributed by atoms with Crippen LogP contribution in [0.3, 0.4) is 0 Å². The number of fused-ring (bicyclic) bond motifs is 1. The molecule has 3 heterocycles. The van der Waals surface area contributed by atoms with Crippen molar-refractivity contribution < 1.29 is 9.05 Å². The average Bonchev–Trinajstić information content (AvgIpc) is 3.17. The molecule has 1 saturated carbocycles. The standard InChI is InChI=1S/C22H29N4O2P.C5H11N/c1-3-27-29(28-4-2)12-11-16-7-5-8-17(13-16)19-14-26(18-9-6-10-18)22-20(19)21(23)24-15-25-22;1-2-6-4-3-5-6/h5,7-8,13-15,18H,3-4,6,9-12H2,1-2H3,(H2,23,24,25);2-5H2,1H3. The largest absolute Gasteiger partial charge is 0.383 e. The Balaban J connectivity index is 0.000000421. The van der Waals surface area contributed by atoms with Gasteiger partial charge in [-0.05, 0) is 76.7 Å². The summed E-state index contributed by atoms with van der Waals surface area (Å²) >= 11 is 0. The average molecular weight is 498 g/mol. The molecule has 35 heavy (non-hydrogen) atoms. The Hall–Kier alpha value is -2.05. The number of aromatic nitrogens is 3. The second-order valence-electron chi connectivity index (χ2n) is 9.12. The monoisotopic (exact) mass is 497 g/mol. The van der Waals surface area contributed by atoms with Gasteiger partial charge in [0.25, 0.3) is 0 Å². The van der Waals surface area contributed by atoms with Crippen molar-refractivity contribution in [2.24, 2.45) is 0 Å². The minimum Gasteiger partial charge on any atom is -0.383 e. The molecule has 8 heteroatoms. The summed E-state index contributed by atoms with van der Waals surface area (Å²) in [6, 6.07) is 9.19. The van der Waals surface area contributed by atoms with Crippen molar-refractivity contribution in [1.29, 1.82) is 0 Å². The highest BCUT2D eigenvalue weighted by Gasteiger charge is 2.24. The molecule has 0 amide bonds. The summed E-state index contributed by atoms with van der Waals surface area (Å²) in [4.78, 5) is 11.2. The van der Waals surface area contributed by atoms with E-state index in [0.717, 1.165) is 34.7 Å². The van der Waals surface area contributed by atoms with Gasteiger partial charge in [0, 0.05) is 24.0 Å². The van der Waals surface area contributed by atoms with E-state index in [1.807, 2.05) is 13.8 Å². The van der Waals surface area contributed by atoms with Gasteiger partial charge in [-0.25, -0.2) is 9.97 Å². The third kappa shape index (κ3) is 6.39. The Bertz CT molecular complexity index is 1070. The Morgan fingerprint density at radius 3 is 2.40 bits per heavy atom. The number of hydrogen-bond donors (Lipinski definition) is 1. The van der Waals surface area contributed by atoms with Gasteiger partial charge in [0.15, 0.2) is 8.38 Å². The van der Waals surface area contributed by atoms with Crippen LogP contribution in [0.2, 0.25) is 0 Å². The van der Waals surface area contributed by atoms with Gasteiger partial charge in [-0.15, -0.1) is 0 Å². The minimum absolute atomic E-state index is 0.518. The van der Waals surface area contributed by atoms with Crippen LogP contribution in [-0.2, 0) is 15.5 Å². The van der Waals surface area contributed by atoms with Crippen molar-refractivity contribution in [3.8, 4) is 11.1 Å². The first-order valence-electron chi connectivity index (χ1n) is 13.1. The Morgan fingerprint density at radius 1 is 1.06 bits per heavy atom. The first-order valence-corrected chi connectivity index (χ1v) is 14.5. The van der Waals surface area contributed by atoms with Crippen LogP contribution in [0.5, 0.6) is 0 Å². The number of nitrogens with zero attached hydrogens (tertiary/aromatic N) is 4. The highest BCUT2D eigenvalue weighted by molar-refractivity contribution is 7.47. The van der Waals surface area contributed by atoms with Crippen LogP contribution in [0, 0.1) is 0 Å². The first-order chi connectivity index (χ1) is 17.1. The van der Waals surface area contributed by atoms with Gasteiger partial charge in [0.1, 0.15) is 17.8 Å². The van der Waals surface area contributed by atoms with Gasteiger partial charge in [0.2, 0.25) is 0 Å². The number of benzene rings is 1. The van der Waals surface area contributed by atoms with Crippen LogP contribution < -0.4 is 5.73 Å². The summed E-state index contributed by atoms with van der Waals surface area (Å²) in [5.41, 5.74) is 10.8. The Morgan fingerprint density at radius 2 is 1.83 bits per heavy atom. The molecule has 0 bridgehead atoms. The molecular weight excluding hydrogens is 457 g/mol. The zero-order valence-corrected chi connectivity index (χ0v) is 22.3. The molecule has 1 aliphatic carbocycles. The topological polar surface area (TPSA) is 78.4 Å². The molecule has 0 atom stereocenters. The van der Waals surface area contributed by atoms with Crippen LogP contribution in [0.1, 0.15) is 58.1 Å². The van der Waals surface area contributed by atoms with Crippen molar-refractivity contribution >= 4 is 25.2 Å². The van der Waals surface area contributed by atoms with Crippen molar-refractivity contribution in [1.82, 2.24) is 19.4 Å². The smallest absolute Gasteiger partial charge is 0.170 e. The van der Waals surface area contributed by atoms with Gasteiger partial charge in [-0.2, -0.15) is 0 Å². The second-order valence-corrected chi connectivity index (χ2v) is 10.8. The second kappa shape index (κ2) is 12.8. The van der Waals surface area contributed by atoms with Crippen LogP contribution in [0.4, 0.5) is 5.82 Å². The van der Waals surface area contributed by atoms with E-state index in [0.29, 0.717) is 25.1 Å². The Kier molecular flexibility index (Phi) is 9.50. The number of rotatable bonds is 10. The number of nitrogen functional groups attached to an aromatic ring is 1. The number of anilines is 1.